The molecule has 3 aromatic rings. The molecule has 7 nitrogen and oxygen atoms in total. The van der Waals surface area contributed by atoms with Crippen LogP contribution >= 0.6 is 0 Å². The fourth-order valence-electron chi connectivity index (χ4n) is 1.85. The second kappa shape index (κ2) is 5.70. The van der Waals surface area contributed by atoms with E-state index in [2.05, 4.69) is 27.5 Å². The van der Waals surface area contributed by atoms with Gasteiger partial charge in [0.25, 0.3) is 0 Å². The zero-order valence-electron chi connectivity index (χ0n) is 11.1. The molecule has 0 aliphatic heterocycles. The van der Waals surface area contributed by atoms with Crippen LogP contribution in [0.2, 0.25) is 0 Å². The van der Waals surface area contributed by atoms with Gasteiger partial charge in [0.15, 0.2) is 0 Å². The molecule has 3 aromatic heterocycles. The highest BCUT2D eigenvalue weighted by Gasteiger charge is 2.10. The third-order valence-corrected chi connectivity index (χ3v) is 2.87. The lowest BCUT2D eigenvalue weighted by Crippen LogP contribution is -2.30. The van der Waals surface area contributed by atoms with Gasteiger partial charge < -0.3 is 14.3 Å². The second-order valence-corrected chi connectivity index (χ2v) is 4.53. The normalized spacial score (nSPS) is 12.7. The molecule has 0 saturated carbocycles. The van der Waals surface area contributed by atoms with Crippen molar-refractivity contribution in [3.63, 3.8) is 0 Å². The van der Waals surface area contributed by atoms with Crippen molar-refractivity contribution in [2.75, 3.05) is 0 Å². The van der Waals surface area contributed by atoms with E-state index in [0.29, 0.717) is 18.3 Å². The highest BCUT2D eigenvalue weighted by molar-refractivity contribution is 5.51. The molecule has 0 radical (unpaired) electrons. The average molecular weight is 273 g/mol. The summed E-state index contributed by atoms with van der Waals surface area (Å²) in [6, 6.07) is 3.95. The first kappa shape index (κ1) is 12.6. The van der Waals surface area contributed by atoms with Crippen LogP contribution in [0.1, 0.15) is 12.8 Å². The van der Waals surface area contributed by atoms with E-state index in [4.69, 9.17) is 8.94 Å². The molecule has 1 atom stereocenters. The van der Waals surface area contributed by atoms with E-state index in [9.17, 15) is 0 Å². The Labute approximate surface area is 115 Å². The molecule has 0 unspecified atom stereocenters. The molecule has 20 heavy (non-hydrogen) atoms. The minimum atomic E-state index is 0.249. The Morgan fingerprint density at radius 2 is 2.40 bits per heavy atom. The highest BCUT2D eigenvalue weighted by Crippen LogP contribution is 2.15. The van der Waals surface area contributed by atoms with Gasteiger partial charge in [-0.05, 0) is 19.1 Å². The van der Waals surface area contributed by atoms with Gasteiger partial charge in [-0.2, -0.15) is 10.1 Å². The molecule has 0 spiro atoms. The Morgan fingerprint density at radius 3 is 3.15 bits per heavy atom. The van der Waals surface area contributed by atoms with Gasteiger partial charge in [0.05, 0.1) is 24.9 Å². The maximum absolute atomic E-state index is 5.19. The minimum absolute atomic E-state index is 0.249. The lowest BCUT2D eigenvalue weighted by molar-refractivity contribution is 0.350. The van der Waals surface area contributed by atoms with Crippen LogP contribution in [-0.2, 0) is 13.1 Å². The number of hydrogen-bond donors (Lipinski definition) is 1. The van der Waals surface area contributed by atoms with Crippen LogP contribution in [0.4, 0.5) is 0 Å². The molecule has 0 aromatic carbocycles. The summed E-state index contributed by atoms with van der Waals surface area (Å²) in [6.07, 6.45) is 6.86. The minimum Gasteiger partial charge on any atom is -0.472 e. The summed E-state index contributed by atoms with van der Waals surface area (Å²) >= 11 is 0. The SMILES string of the molecule is C[C@@H](Cn1cccn1)NCc1nc(-c2ccoc2)no1. The molecule has 1 N–H and O–H groups in total. The third kappa shape index (κ3) is 2.94. The maximum Gasteiger partial charge on any atom is 0.240 e. The van der Waals surface area contributed by atoms with Crippen molar-refractivity contribution in [3.8, 4) is 11.4 Å². The fourth-order valence-corrected chi connectivity index (χ4v) is 1.85. The topological polar surface area (TPSA) is 81.9 Å². The molecular formula is C13H15N5O2. The summed E-state index contributed by atoms with van der Waals surface area (Å²) in [5.74, 6) is 1.09. The standard InChI is InChI=1S/C13H15N5O2/c1-10(8-18-5-2-4-15-18)14-7-12-16-13(17-20-12)11-3-6-19-9-11/h2-6,9-10,14H,7-8H2,1H3/t10-/m0/s1. The zero-order valence-corrected chi connectivity index (χ0v) is 11.1. The monoisotopic (exact) mass is 273 g/mol. The number of rotatable bonds is 6. The first-order chi connectivity index (χ1) is 9.81. The molecule has 0 aliphatic carbocycles. The van der Waals surface area contributed by atoms with Crippen LogP contribution in [0.25, 0.3) is 11.4 Å². The Hall–Kier alpha value is -2.41. The molecule has 0 saturated heterocycles. The summed E-state index contributed by atoms with van der Waals surface area (Å²) in [6.45, 7) is 3.39. The van der Waals surface area contributed by atoms with Crippen molar-refractivity contribution in [1.29, 1.82) is 0 Å². The van der Waals surface area contributed by atoms with Gasteiger partial charge in [-0.3, -0.25) is 4.68 Å². The Morgan fingerprint density at radius 1 is 1.45 bits per heavy atom. The lowest BCUT2D eigenvalue weighted by atomic mass is 10.3. The van der Waals surface area contributed by atoms with E-state index in [1.54, 1.807) is 24.8 Å². The number of nitrogens with one attached hydrogen (secondary N) is 1. The second-order valence-electron chi connectivity index (χ2n) is 4.53. The van der Waals surface area contributed by atoms with Crippen molar-refractivity contribution >= 4 is 0 Å². The molecule has 0 aliphatic rings. The van der Waals surface area contributed by atoms with Crippen LogP contribution in [-0.4, -0.2) is 26.0 Å². The average Bonchev–Trinajstić information content (AvgIpc) is 3.18. The van der Waals surface area contributed by atoms with Crippen LogP contribution in [0, 0.1) is 0 Å². The smallest absolute Gasteiger partial charge is 0.240 e. The molecule has 0 fully saturated rings. The van der Waals surface area contributed by atoms with Crippen LogP contribution in [0.5, 0.6) is 0 Å². The third-order valence-electron chi connectivity index (χ3n) is 2.87. The number of furan rings is 1. The summed E-state index contributed by atoms with van der Waals surface area (Å²) in [5, 5.41) is 11.4. The summed E-state index contributed by atoms with van der Waals surface area (Å²) in [5.41, 5.74) is 0.810. The first-order valence-corrected chi connectivity index (χ1v) is 6.37. The number of aromatic nitrogens is 4. The highest BCUT2D eigenvalue weighted by atomic mass is 16.5. The van der Waals surface area contributed by atoms with Gasteiger partial charge in [-0.15, -0.1) is 0 Å². The first-order valence-electron chi connectivity index (χ1n) is 6.37. The largest absolute Gasteiger partial charge is 0.472 e. The van der Waals surface area contributed by atoms with Crippen LogP contribution < -0.4 is 5.32 Å². The van der Waals surface area contributed by atoms with Gasteiger partial charge >= 0.3 is 0 Å². The van der Waals surface area contributed by atoms with E-state index in [-0.39, 0.29) is 6.04 Å². The van der Waals surface area contributed by atoms with E-state index >= 15 is 0 Å². The summed E-state index contributed by atoms with van der Waals surface area (Å²) < 4.78 is 12.1. The van der Waals surface area contributed by atoms with Crippen LogP contribution in [0.3, 0.4) is 0 Å². The van der Waals surface area contributed by atoms with Gasteiger partial charge in [0.1, 0.15) is 6.26 Å². The molecule has 7 heteroatoms. The molecule has 0 bridgehead atoms. The zero-order chi connectivity index (χ0) is 13.8. The fraction of sp³-hybridized carbons (Fsp3) is 0.308. The maximum atomic E-state index is 5.19. The van der Waals surface area contributed by atoms with Crippen molar-refractivity contribution in [2.24, 2.45) is 0 Å². The summed E-state index contributed by atoms with van der Waals surface area (Å²) in [7, 11) is 0. The number of nitrogens with zero attached hydrogens (tertiary/aromatic N) is 4. The lowest BCUT2D eigenvalue weighted by Gasteiger charge is -2.11. The van der Waals surface area contributed by atoms with E-state index < -0.39 is 0 Å². The molecule has 3 heterocycles. The van der Waals surface area contributed by atoms with Crippen molar-refractivity contribution < 1.29 is 8.94 Å². The molecule has 3 rings (SSSR count). The molecule has 104 valence electrons. The van der Waals surface area contributed by atoms with E-state index in [1.807, 2.05) is 16.9 Å². The molecular weight excluding hydrogens is 258 g/mol. The van der Waals surface area contributed by atoms with E-state index in [0.717, 1.165) is 12.1 Å². The Balaban J connectivity index is 1.53. The predicted octanol–water partition coefficient (Wildman–Crippen LogP) is 1.70. The quantitative estimate of drug-likeness (QED) is 0.736. The predicted molar refractivity (Wildman–Crippen MR) is 70.5 cm³/mol. The summed E-state index contributed by atoms with van der Waals surface area (Å²) in [4.78, 5) is 4.30. The van der Waals surface area contributed by atoms with Crippen molar-refractivity contribution in [3.05, 3.63) is 42.9 Å². The van der Waals surface area contributed by atoms with Gasteiger partial charge in [0.2, 0.25) is 11.7 Å². The van der Waals surface area contributed by atoms with Gasteiger partial charge in [-0.25, -0.2) is 0 Å². The van der Waals surface area contributed by atoms with Gasteiger partial charge in [-0.1, -0.05) is 5.16 Å². The van der Waals surface area contributed by atoms with Gasteiger partial charge in [0, 0.05) is 18.4 Å². The Kier molecular flexibility index (Phi) is 3.60. The van der Waals surface area contributed by atoms with Crippen molar-refractivity contribution in [2.45, 2.75) is 26.1 Å². The van der Waals surface area contributed by atoms with Crippen molar-refractivity contribution in [1.82, 2.24) is 25.2 Å². The van der Waals surface area contributed by atoms with E-state index in [1.165, 1.54) is 0 Å². The van der Waals surface area contributed by atoms with Crippen LogP contribution in [0.15, 0.2) is 46.0 Å². The number of hydrogen-bond acceptors (Lipinski definition) is 6. The Bertz CT molecular complexity index is 630. The molecule has 0 amide bonds.